The van der Waals surface area contributed by atoms with Gasteiger partial charge in [-0.25, -0.2) is 0 Å². The van der Waals surface area contributed by atoms with Crippen LogP contribution in [0.25, 0.3) is 0 Å². The minimum Gasteiger partial charge on any atom is -0.481 e. The van der Waals surface area contributed by atoms with Gasteiger partial charge in [0.15, 0.2) is 0 Å². The van der Waals surface area contributed by atoms with Crippen molar-refractivity contribution in [3.8, 4) is 0 Å². The van der Waals surface area contributed by atoms with E-state index in [1.165, 1.54) is 11.9 Å². The van der Waals surface area contributed by atoms with E-state index in [2.05, 4.69) is 0 Å². The molecule has 0 saturated carbocycles. The average Bonchev–Trinajstić information content (AvgIpc) is 2.24. The molecule has 4 N–H and O–H groups in total. The summed E-state index contributed by atoms with van der Waals surface area (Å²) in [7, 11) is 1.52. The summed E-state index contributed by atoms with van der Waals surface area (Å²) >= 11 is 0. The molecule has 7 heteroatoms. The summed E-state index contributed by atoms with van der Waals surface area (Å²) in [5.74, 6) is -2.28. The van der Waals surface area contributed by atoms with Crippen molar-refractivity contribution in [3.63, 3.8) is 0 Å². The fourth-order valence-electron chi connectivity index (χ4n) is 1.26. The van der Waals surface area contributed by atoms with Gasteiger partial charge in [0.05, 0.1) is 6.04 Å². The highest BCUT2D eigenvalue weighted by atomic mass is 16.4. The summed E-state index contributed by atoms with van der Waals surface area (Å²) < 4.78 is 0. The van der Waals surface area contributed by atoms with Gasteiger partial charge in [0.25, 0.3) is 0 Å². The summed E-state index contributed by atoms with van der Waals surface area (Å²) in [6.45, 7) is 0.298. The van der Waals surface area contributed by atoms with Crippen molar-refractivity contribution < 1.29 is 24.6 Å². The lowest BCUT2D eigenvalue weighted by molar-refractivity contribution is -0.139. The summed E-state index contributed by atoms with van der Waals surface area (Å²) in [6.07, 6.45) is 0.262. The lowest BCUT2D eigenvalue weighted by atomic mass is 10.1. The van der Waals surface area contributed by atoms with Crippen LogP contribution in [0.2, 0.25) is 0 Å². The molecule has 0 aromatic rings. The molecule has 0 spiro atoms. The van der Waals surface area contributed by atoms with Gasteiger partial charge in [0, 0.05) is 26.4 Å². The largest absolute Gasteiger partial charge is 0.481 e. The fraction of sp³-hybridized carbons (Fsp3) is 0.700. The van der Waals surface area contributed by atoms with Crippen molar-refractivity contribution in [2.45, 2.75) is 31.7 Å². The van der Waals surface area contributed by atoms with Gasteiger partial charge in [0.2, 0.25) is 5.91 Å². The molecule has 1 amide bonds. The Bertz CT molecular complexity index is 292. The van der Waals surface area contributed by atoms with E-state index in [0.717, 1.165) is 0 Å². The van der Waals surface area contributed by atoms with Gasteiger partial charge in [-0.3, -0.25) is 14.4 Å². The number of nitrogens with two attached hydrogens (primary N) is 1. The Hall–Kier alpha value is -1.63. The van der Waals surface area contributed by atoms with Crippen LogP contribution in [0.1, 0.15) is 25.7 Å². The Morgan fingerprint density at radius 3 is 2.18 bits per heavy atom. The molecule has 17 heavy (non-hydrogen) atoms. The number of hydrogen-bond acceptors (Lipinski definition) is 4. The Labute approximate surface area is 99.2 Å². The SMILES string of the molecule is CN(CCCC(=O)O)C(=O)C(N)CCC(=O)O. The number of likely N-dealkylation sites (N-methyl/N-ethyl adjacent to an activating group) is 1. The molecule has 1 unspecified atom stereocenters. The van der Waals surface area contributed by atoms with Gasteiger partial charge in [-0.2, -0.15) is 0 Å². The number of carboxylic acid groups (broad SMARTS) is 2. The summed E-state index contributed by atoms with van der Waals surface area (Å²) in [5.41, 5.74) is 5.53. The number of carbonyl (C=O) groups excluding carboxylic acids is 1. The third-order valence-corrected chi connectivity index (χ3v) is 2.25. The molecule has 7 nitrogen and oxygen atoms in total. The van der Waals surface area contributed by atoms with Gasteiger partial charge < -0.3 is 20.8 Å². The molecular weight excluding hydrogens is 228 g/mol. The van der Waals surface area contributed by atoms with Gasteiger partial charge in [0.1, 0.15) is 0 Å². The third kappa shape index (κ3) is 7.29. The highest BCUT2D eigenvalue weighted by Gasteiger charge is 2.18. The minimum absolute atomic E-state index is 0.0119. The zero-order valence-corrected chi connectivity index (χ0v) is 9.76. The van der Waals surface area contributed by atoms with Crippen molar-refractivity contribution in [3.05, 3.63) is 0 Å². The molecule has 0 bridgehead atoms. The van der Waals surface area contributed by atoms with E-state index in [0.29, 0.717) is 13.0 Å². The van der Waals surface area contributed by atoms with Gasteiger partial charge in [-0.15, -0.1) is 0 Å². The van der Waals surface area contributed by atoms with Crippen LogP contribution in [-0.2, 0) is 14.4 Å². The van der Waals surface area contributed by atoms with Gasteiger partial charge in [-0.1, -0.05) is 0 Å². The van der Waals surface area contributed by atoms with Crippen LogP contribution in [0.4, 0.5) is 0 Å². The van der Waals surface area contributed by atoms with E-state index in [1.54, 1.807) is 0 Å². The summed E-state index contributed by atoms with van der Waals surface area (Å²) in [5, 5.41) is 16.9. The lowest BCUT2D eigenvalue weighted by Crippen LogP contribution is -2.42. The molecule has 1 atom stereocenters. The smallest absolute Gasteiger partial charge is 0.303 e. The first-order valence-corrected chi connectivity index (χ1v) is 5.28. The number of hydrogen-bond donors (Lipinski definition) is 3. The maximum atomic E-state index is 11.6. The molecule has 0 aliphatic carbocycles. The van der Waals surface area contributed by atoms with Crippen molar-refractivity contribution in [1.29, 1.82) is 0 Å². The topological polar surface area (TPSA) is 121 Å². The Balaban J connectivity index is 3.93. The Morgan fingerprint density at radius 1 is 1.18 bits per heavy atom. The van der Waals surface area contributed by atoms with Crippen LogP contribution in [0.5, 0.6) is 0 Å². The molecule has 0 fully saturated rings. The fourth-order valence-corrected chi connectivity index (χ4v) is 1.26. The first-order valence-electron chi connectivity index (χ1n) is 5.28. The number of rotatable bonds is 8. The standard InChI is InChI=1S/C10H18N2O5/c1-12(6-2-3-8(13)14)10(17)7(11)4-5-9(15)16/h7H,2-6,11H2,1H3,(H,13,14)(H,15,16). The Kier molecular flexibility index (Phi) is 6.88. The molecule has 0 radical (unpaired) electrons. The van der Waals surface area contributed by atoms with E-state index < -0.39 is 18.0 Å². The van der Waals surface area contributed by atoms with Crippen LogP contribution in [0.3, 0.4) is 0 Å². The monoisotopic (exact) mass is 246 g/mol. The number of carbonyl (C=O) groups is 3. The molecule has 0 rings (SSSR count). The Morgan fingerprint density at radius 2 is 1.71 bits per heavy atom. The van der Waals surface area contributed by atoms with Crippen molar-refractivity contribution >= 4 is 17.8 Å². The highest BCUT2D eigenvalue weighted by molar-refractivity contribution is 5.82. The van der Waals surface area contributed by atoms with E-state index in [1.807, 2.05) is 0 Å². The summed E-state index contributed by atoms with van der Waals surface area (Å²) in [6, 6.07) is -0.846. The number of aliphatic carboxylic acids is 2. The van der Waals surface area contributed by atoms with Gasteiger partial charge >= 0.3 is 11.9 Å². The number of carboxylic acids is 2. The van der Waals surface area contributed by atoms with E-state index in [4.69, 9.17) is 15.9 Å². The quantitative estimate of drug-likeness (QED) is 0.531. The highest BCUT2D eigenvalue weighted by Crippen LogP contribution is 2.01. The molecule has 0 aliphatic rings. The van der Waals surface area contributed by atoms with Gasteiger partial charge in [-0.05, 0) is 12.8 Å². The van der Waals surface area contributed by atoms with E-state index >= 15 is 0 Å². The zero-order chi connectivity index (χ0) is 13.4. The molecule has 0 aliphatic heterocycles. The molecule has 0 aromatic carbocycles. The second-order valence-corrected chi connectivity index (χ2v) is 3.80. The van der Waals surface area contributed by atoms with E-state index in [-0.39, 0.29) is 25.2 Å². The van der Waals surface area contributed by atoms with Crippen LogP contribution in [0, 0.1) is 0 Å². The van der Waals surface area contributed by atoms with E-state index in [9.17, 15) is 14.4 Å². The first-order chi connectivity index (χ1) is 7.84. The van der Waals surface area contributed by atoms with Crippen molar-refractivity contribution in [2.24, 2.45) is 5.73 Å². The normalized spacial score (nSPS) is 11.9. The molecule has 0 saturated heterocycles. The summed E-state index contributed by atoms with van der Waals surface area (Å²) in [4.78, 5) is 33.5. The molecule has 0 heterocycles. The van der Waals surface area contributed by atoms with Crippen LogP contribution >= 0.6 is 0 Å². The first kappa shape index (κ1) is 15.4. The minimum atomic E-state index is -0.998. The number of amides is 1. The predicted octanol–water partition coefficient (Wildman–Crippen LogP) is -0.498. The maximum Gasteiger partial charge on any atom is 0.303 e. The average molecular weight is 246 g/mol. The lowest BCUT2D eigenvalue weighted by Gasteiger charge is -2.20. The number of nitrogens with zero attached hydrogens (tertiary/aromatic N) is 1. The molecule has 0 aromatic heterocycles. The van der Waals surface area contributed by atoms with Crippen molar-refractivity contribution in [1.82, 2.24) is 4.90 Å². The third-order valence-electron chi connectivity index (χ3n) is 2.25. The van der Waals surface area contributed by atoms with Crippen LogP contribution in [-0.4, -0.2) is 52.6 Å². The second-order valence-electron chi connectivity index (χ2n) is 3.80. The predicted molar refractivity (Wildman–Crippen MR) is 59.4 cm³/mol. The molecule has 98 valence electrons. The van der Waals surface area contributed by atoms with Crippen molar-refractivity contribution in [2.75, 3.05) is 13.6 Å². The van der Waals surface area contributed by atoms with Crippen LogP contribution < -0.4 is 5.73 Å². The second kappa shape index (κ2) is 7.61. The zero-order valence-electron chi connectivity index (χ0n) is 9.76. The van der Waals surface area contributed by atoms with Crippen LogP contribution in [0.15, 0.2) is 0 Å². The maximum absolute atomic E-state index is 11.6. The molecular formula is C10H18N2O5.